The minimum Gasteiger partial charge on any atom is -0.399 e. The first-order valence-corrected chi connectivity index (χ1v) is 11.1. The molecule has 5 N–H and O–H groups in total. The van der Waals surface area contributed by atoms with Crippen LogP contribution in [-0.4, -0.2) is 23.3 Å². The van der Waals surface area contributed by atoms with E-state index in [1.54, 1.807) is 30.7 Å². The molecule has 0 unspecified atom stereocenters. The summed E-state index contributed by atoms with van der Waals surface area (Å²) in [4.78, 5) is 19.1. The van der Waals surface area contributed by atoms with Crippen LogP contribution >= 0.6 is 0 Å². The largest absolute Gasteiger partial charge is 0.399 e. The fraction of sp³-hybridized carbons (Fsp3) is 0.0357. The van der Waals surface area contributed by atoms with Crippen molar-refractivity contribution in [1.29, 1.82) is 0 Å². The Hall–Kier alpha value is -4.91. The molecule has 0 radical (unpaired) electrons. The van der Waals surface area contributed by atoms with Crippen LogP contribution in [0.15, 0.2) is 104 Å². The molecule has 2 heterocycles. The highest BCUT2D eigenvalue weighted by Gasteiger charge is 2.03. The minimum absolute atomic E-state index is 0.632. The van der Waals surface area contributed by atoms with E-state index in [1.807, 2.05) is 73.8 Å². The van der Waals surface area contributed by atoms with E-state index in [4.69, 9.17) is 5.73 Å². The van der Waals surface area contributed by atoms with Crippen molar-refractivity contribution >= 4 is 51.3 Å². The second-order valence-electron chi connectivity index (χ2n) is 7.70. The molecule has 0 spiro atoms. The summed E-state index contributed by atoms with van der Waals surface area (Å²) in [5, 5.41) is 10.6. The van der Waals surface area contributed by atoms with Crippen LogP contribution < -0.4 is 21.7 Å². The Morgan fingerprint density at radius 2 is 1.49 bits per heavy atom. The normalized spacial score (nSPS) is 10.1. The molecule has 5 aromatic rings. The highest BCUT2D eigenvalue weighted by atomic mass is 16.1. The number of anilines is 6. The van der Waals surface area contributed by atoms with Crippen LogP contribution in [0.25, 0.3) is 10.9 Å². The van der Waals surface area contributed by atoms with Crippen molar-refractivity contribution in [2.45, 2.75) is 0 Å². The van der Waals surface area contributed by atoms with Crippen LogP contribution in [0.2, 0.25) is 0 Å². The summed E-state index contributed by atoms with van der Waals surface area (Å²) in [6.45, 7) is 0. The van der Waals surface area contributed by atoms with Gasteiger partial charge in [-0.15, -0.1) is 0 Å². The van der Waals surface area contributed by atoms with E-state index in [-0.39, 0.29) is 0 Å². The fourth-order valence-corrected chi connectivity index (χ4v) is 3.47. The van der Waals surface area contributed by atoms with Gasteiger partial charge in [-0.2, -0.15) is 0 Å². The average Bonchev–Trinajstić information content (AvgIpc) is 2.90. The molecule has 35 heavy (non-hydrogen) atoms. The van der Waals surface area contributed by atoms with Gasteiger partial charge in [0.15, 0.2) is 0 Å². The van der Waals surface area contributed by atoms with Crippen LogP contribution in [0, 0.1) is 0 Å². The van der Waals surface area contributed by atoms with Crippen molar-refractivity contribution in [3.63, 3.8) is 0 Å². The van der Waals surface area contributed by atoms with E-state index in [0.29, 0.717) is 11.3 Å². The Labute approximate surface area is 204 Å². The Morgan fingerprint density at radius 3 is 2.26 bits per heavy atom. The summed E-state index contributed by atoms with van der Waals surface area (Å²) < 4.78 is 0. The summed E-state index contributed by atoms with van der Waals surface area (Å²) in [5.41, 5.74) is 13.0. The van der Waals surface area contributed by atoms with E-state index < -0.39 is 0 Å². The van der Waals surface area contributed by atoms with Crippen LogP contribution in [0.5, 0.6) is 0 Å². The van der Waals surface area contributed by atoms with Crippen molar-refractivity contribution in [3.8, 4) is 0 Å². The Balaban J connectivity index is 0.000000172. The maximum Gasteiger partial charge on any atom is 0.150 e. The number of benzene rings is 3. The fourth-order valence-electron chi connectivity index (χ4n) is 3.47. The second-order valence-corrected chi connectivity index (χ2v) is 7.70. The summed E-state index contributed by atoms with van der Waals surface area (Å²) in [6.07, 6.45) is 6.10. The first-order chi connectivity index (χ1) is 17.1. The monoisotopic (exact) mass is 462 g/mol. The number of nitrogens with one attached hydrogen (secondary N) is 3. The van der Waals surface area contributed by atoms with Gasteiger partial charge in [-0.1, -0.05) is 18.2 Å². The molecule has 0 saturated heterocycles. The van der Waals surface area contributed by atoms with E-state index >= 15 is 0 Å². The first-order valence-electron chi connectivity index (χ1n) is 11.1. The smallest absolute Gasteiger partial charge is 0.150 e. The number of aldehydes is 1. The molecule has 7 nitrogen and oxygen atoms in total. The van der Waals surface area contributed by atoms with Gasteiger partial charge in [-0.3, -0.25) is 14.8 Å². The van der Waals surface area contributed by atoms with E-state index in [2.05, 4.69) is 32.0 Å². The number of carbonyl (C=O) groups excluding carboxylic acids is 1. The second kappa shape index (κ2) is 11.3. The number of nitrogen functional groups attached to an aromatic ring is 1. The van der Waals surface area contributed by atoms with Gasteiger partial charge >= 0.3 is 0 Å². The predicted molar refractivity (Wildman–Crippen MR) is 145 cm³/mol. The lowest BCUT2D eigenvalue weighted by atomic mass is 10.1. The zero-order valence-electron chi connectivity index (χ0n) is 19.3. The highest BCUT2D eigenvalue weighted by molar-refractivity contribution is 5.95. The molecule has 3 aromatic carbocycles. The minimum atomic E-state index is 0.632. The van der Waals surface area contributed by atoms with E-state index in [0.717, 1.165) is 45.6 Å². The number of pyridine rings is 2. The van der Waals surface area contributed by atoms with E-state index in [1.165, 1.54) is 0 Å². The number of aromatic nitrogens is 2. The van der Waals surface area contributed by atoms with Crippen molar-refractivity contribution in [2.75, 3.05) is 28.7 Å². The maximum atomic E-state index is 10.8. The van der Waals surface area contributed by atoms with Crippen LogP contribution in [0.3, 0.4) is 0 Å². The number of nitrogens with two attached hydrogens (primary N) is 1. The molecular weight excluding hydrogens is 436 g/mol. The van der Waals surface area contributed by atoms with Crippen LogP contribution in [0.1, 0.15) is 10.4 Å². The van der Waals surface area contributed by atoms with E-state index in [9.17, 15) is 4.79 Å². The van der Waals surface area contributed by atoms with Crippen molar-refractivity contribution in [2.24, 2.45) is 0 Å². The number of fused-ring (bicyclic) bond motifs is 1. The molecular formula is C28H26N6O. The quantitative estimate of drug-likeness (QED) is 0.175. The van der Waals surface area contributed by atoms with Crippen LogP contribution in [-0.2, 0) is 0 Å². The summed E-state index contributed by atoms with van der Waals surface area (Å²) >= 11 is 0. The lowest BCUT2D eigenvalue weighted by molar-refractivity contribution is 0.112. The molecule has 0 aliphatic rings. The number of carbonyl (C=O) groups is 1. The van der Waals surface area contributed by atoms with Gasteiger partial charge in [0.25, 0.3) is 0 Å². The number of hydrogen-bond donors (Lipinski definition) is 4. The molecule has 2 aromatic heterocycles. The molecule has 0 amide bonds. The number of rotatable bonds is 6. The summed E-state index contributed by atoms with van der Waals surface area (Å²) in [5.74, 6) is 0. The Bertz CT molecular complexity index is 1420. The predicted octanol–water partition coefficient (Wildman–Crippen LogP) is 6.24. The third-order valence-electron chi connectivity index (χ3n) is 5.19. The number of hydrogen-bond acceptors (Lipinski definition) is 7. The third kappa shape index (κ3) is 6.33. The maximum absolute atomic E-state index is 10.8. The lowest BCUT2D eigenvalue weighted by Gasteiger charge is -2.10. The topological polar surface area (TPSA) is 105 Å². The molecule has 0 fully saturated rings. The molecule has 0 aliphatic carbocycles. The lowest BCUT2D eigenvalue weighted by Crippen LogP contribution is -1.94. The van der Waals surface area contributed by atoms with Gasteiger partial charge in [-0.05, 0) is 66.7 Å². The molecule has 0 saturated carbocycles. The van der Waals surface area contributed by atoms with Gasteiger partial charge in [-0.25, -0.2) is 0 Å². The van der Waals surface area contributed by atoms with Crippen molar-refractivity contribution < 1.29 is 4.79 Å². The zero-order valence-corrected chi connectivity index (χ0v) is 19.3. The zero-order chi connectivity index (χ0) is 24.5. The first kappa shape index (κ1) is 23.3. The van der Waals surface area contributed by atoms with Gasteiger partial charge in [0.05, 0.1) is 5.52 Å². The molecule has 7 heteroatoms. The standard InChI is InChI=1S/C16H13N3O.C12H13N3/c17-12-4-5-15-14(9-12)16(6-7-18-15)19-13-3-1-2-11(8-13)10-20;1-13-11-3-2-4-12(9-11)15-10-5-7-14-8-6-10/h1-10H,17H2,(H,18,19);2-9,13H,1H3,(H,14,15). The molecule has 174 valence electrons. The molecule has 0 atom stereocenters. The molecule has 0 bridgehead atoms. The van der Waals surface area contributed by atoms with Crippen molar-refractivity contribution in [1.82, 2.24) is 9.97 Å². The summed E-state index contributed by atoms with van der Waals surface area (Å²) in [7, 11) is 1.91. The molecule has 5 rings (SSSR count). The van der Waals surface area contributed by atoms with Crippen LogP contribution in [0.4, 0.5) is 34.1 Å². The van der Waals surface area contributed by atoms with Gasteiger partial charge in [0.2, 0.25) is 0 Å². The summed E-state index contributed by atoms with van der Waals surface area (Å²) in [6, 6.07) is 26.8. The van der Waals surface area contributed by atoms with Gasteiger partial charge < -0.3 is 21.7 Å². The highest BCUT2D eigenvalue weighted by Crippen LogP contribution is 2.27. The third-order valence-corrected chi connectivity index (χ3v) is 5.19. The molecule has 0 aliphatic heterocycles. The number of nitrogens with zero attached hydrogens (tertiary/aromatic N) is 2. The van der Waals surface area contributed by atoms with Crippen molar-refractivity contribution in [3.05, 3.63) is 109 Å². The Kier molecular flexibility index (Phi) is 7.50. The Morgan fingerprint density at radius 1 is 0.743 bits per heavy atom. The SMILES string of the molecule is CNc1cccc(Nc2ccncc2)c1.Nc1ccc2nccc(Nc3cccc(C=O)c3)c2c1. The van der Waals surface area contributed by atoms with Gasteiger partial charge in [0.1, 0.15) is 6.29 Å². The average molecular weight is 463 g/mol. The van der Waals surface area contributed by atoms with Gasteiger partial charge in [0, 0.05) is 70.7 Å².